The monoisotopic (exact) mass is 313 g/mol. The summed E-state index contributed by atoms with van der Waals surface area (Å²) < 4.78 is 19.3. The van der Waals surface area contributed by atoms with Crippen molar-refractivity contribution in [1.29, 1.82) is 0 Å². The van der Waals surface area contributed by atoms with Gasteiger partial charge in [-0.25, -0.2) is 4.39 Å². The van der Waals surface area contributed by atoms with Crippen LogP contribution in [0.25, 0.3) is 0 Å². The van der Waals surface area contributed by atoms with Crippen molar-refractivity contribution in [1.82, 2.24) is 5.32 Å². The van der Waals surface area contributed by atoms with Crippen LogP contribution in [0.1, 0.15) is 39.2 Å². The summed E-state index contributed by atoms with van der Waals surface area (Å²) in [6.45, 7) is 6.31. The molecule has 2 atom stereocenters. The second-order valence-corrected chi connectivity index (χ2v) is 5.97. The van der Waals surface area contributed by atoms with E-state index in [9.17, 15) is 9.18 Å². The molecule has 0 spiro atoms. The number of carbonyl (C=O) groups is 1. The first-order valence-electron chi connectivity index (χ1n) is 7.30. The van der Waals surface area contributed by atoms with Crippen LogP contribution >= 0.6 is 12.6 Å². The Kier molecular flexibility index (Phi) is 7.75. The van der Waals surface area contributed by atoms with Gasteiger partial charge in [0.2, 0.25) is 0 Å². The van der Waals surface area contributed by atoms with Crippen LogP contribution in [0, 0.1) is 5.82 Å². The molecule has 0 fully saturated rings. The number of ether oxygens (including phenoxy) is 1. The van der Waals surface area contributed by atoms with Gasteiger partial charge in [0.05, 0.1) is 0 Å². The number of ketones is 1. The highest BCUT2D eigenvalue weighted by Gasteiger charge is 2.08. The lowest BCUT2D eigenvalue weighted by Gasteiger charge is -2.17. The molecule has 0 amide bonds. The molecule has 0 aliphatic carbocycles. The zero-order chi connectivity index (χ0) is 15.8. The average molecular weight is 313 g/mol. The fourth-order valence-corrected chi connectivity index (χ4v) is 2.01. The van der Waals surface area contributed by atoms with Crippen LogP contribution in [0.3, 0.4) is 0 Å². The Labute approximate surface area is 131 Å². The molecule has 118 valence electrons. The van der Waals surface area contributed by atoms with Crippen LogP contribution in [-0.2, 0) is 11.2 Å². The van der Waals surface area contributed by atoms with E-state index in [1.54, 1.807) is 6.07 Å². The molecule has 1 aromatic carbocycles. The van der Waals surface area contributed by atoms with Crippen molar-refractivity contribution in [3.05, 3.63) is 29.6 Å². The largest absolute Gasteiger partial charge is 0.489 e. The predicted molar refractivity (Wildman–Crippen MR) is 86.6 cm³/mol. The molecule has 0 radical (unpaired) electrons. The first-order valence-corrected chi connectivity index (χ1v) is 7.81. The van der Waals surface area contributed by atoms with E-state index in [1.807, 2.05) is 20.8 Å². The number of benzene rings is 1. The van der Waals surface area contributed by atoms with E-state index >= 15 is 0 Å². The number of carbonyl (C=O) groups excluding carboxylic acids is 1. The standard InChI is InChI=1S/C16H24FNO2S/c1-4-15(19)6-5-13-7-14(17)9-16(8-13)20-11(2)10-18-12(3)21/h7-9,11-12,18,21H,4-6,10H2,1-3H3/t11-,12?/m1/s1. The van der Waals surface area contributed by atoms with Crippen molar-refractivity contribution in [3.8, 4) is 5.75 Å². The van der Waals surface area contributed by atoms with E-state index in [0.717, 1.165) is 5.56 Å². The van der Waals surface area contributed by atoms with Crippen molar-refractivity contribution in [3.63, 3.8) is 0 Å². The molecule has 3 nitrogen and oxygen atoms in total. The minimum Gasteiger partial charge on any atom is -0.489 e. The topological polar surface area (TPSA) is 38.3 Å². The third-order valence-electron chi connectivity index (χ3n) is 3.06. The van der Waals surface area contributed by atoms with Gasteiger partial charge in [-0.05, 0) is 38.0 Å². The minimum absolute atomic E-state index is 0.0826. The van der Waals surface area contributed by atoms with E-state index < -0.39 is 0 Å². The van der Waals surface area contributed by atoms with Crippen molar-refractivity contribution in [2.75, 3.05) is 6.54 Å². The summed E-state index contributed by atoms with van der Waals surface area (Å²) in [5.41, 5.74) is 0.787. The maximum atomic E-state index is 13.6. The molecule has 0 bridgehead atoms. The second kappa shape index (κ2) is 9.05. The maximum Gasteiger partial charge on any atom is 0.132 e. The van der Waals surface area contributed by atoms with Crippen molar-refractivity contribution in [2.24, 2.45) is 0 Å². The lowest BCUT2D eigenvalue weighted by atomic mass is 10.1. The lowest BCUT2D eigenvalue weighted by molar-refractivity contribution is -0.118. The summed E-state index contributed by atoms with van der Waals surface area (Å²) in [5.74, 6) is 0.339. The van der Waals surface area contributed by atoms with Gasteiger partial charge in [0.15, 0.2) is 0 Å². The van der Waals surface area contributed by atoms with Gasteiger partial charge in [0, 0.05) is 30.8 Å². The second-order valence-electron chi connectivity index (χ2n) is 5.20. The Morgan fingerprint density at radius 1 is 1.38 bits per heavy atom. The van der Waals surface area contributed by atoms with E-state index in [2.05, 4.69) is 17.9 Å². The van der Waals surface area contributed by atoms with Gasteiger partial charge in [-0.15, -0.1) is 0 Å². The molecule has 0 aliphatic rings. The minimum atomic E-state index is -0.339. The first-order chi connectivity index (χ1) is 9.90. The molecule has 0 heterocycles. The highest BCUT2D eigenvalue weighted by atomic mass is 32.1. The number of rotatable bonds is 9. The molecular formula is C16H24FNO2S. The SMILES string of the molecule is CCC(=O)CCc1cc(F)cc(O[C@H](C)CNC(C)S)c1. The molecule has 1 aromatic rings. The fourth-order valence-electron chi connectivity index (χ4n) is 1.90. The van der Waals surface area contributed by atoms with Crippen LogP contribution in [-0.4, -0.2) is 23.8 Å². The number of Topliss-reactive ketones (excluding diaryl/α,β-unsaturated/α-hetero) is 1. The van der Waals surface area contributed by atoms with Crippen LogP contribution in [0.2, 0.25) is 0 Å². The van der Waals surface area contributed by atoms with E-state index in [0.29, 0.717) is 31.6 Å². The summed E-state index contributed by atoms with van der Waals surface area (Å²) in [6.07, 6.45) is 1.41. The third-order valence-corrected chi connectivity index (χ3v) is 3.24. The molecule has 0 aromatic heterocycles. The van der Waals surface area contributed by atoms with Crippen molar-refractivity contribution in [2.45, 2.75) is 51.5 Å². The van der Waals surface area contributed by atoms with E-state index in [4.69, 9.17) is 4.74 Å². The Bertz CT molecular complexity index is 466. The molecule has 21 heavy (non-hydrogen) atoms. The van der Waals surface area contributed by atoms with Gasteiger partial charge in [-0.2, -0.15) is 12.6 Å². The number of nitrogens with one attached hydrogen (secondary N) is 1. The fraction of sp³-hybridized carbons (Fsp3) is 0.562. The van der Waals surface area contributed by atoms with Crippen LogP contribution < -0.4 is 10.1 Å². The lowest BCUT2D eigenvalue weighted by Crippen LogP contribution is -2.32. The molecule has 1 rings (SSSR count). The Hall–Kier alpha value is -1.07. The highest BCUT2D eigenvalue weighted by Crippen LogP contribution is 2.19. The summed E-state index contributed by atoms with van der Waals surface area (Å²) in [4.78, 5) is 11.3. The molecule has 1 N–H and O–H groups in total. The quantitative estimate of drug-likeness (QED) is 0.542. The number of hydrogen-bond acceptors (Lipinski definition) is 4. The van der Waals surface area contributed by atoms with Gasteiger partial charge >= 0.3 is 0 Å². The molecule has 5 heteroatoms. The normalized spacial score (nSPS) is 13.8. The maximum absolute atomic E-state index is 13.6. The van der Waals surface area contributed by atoms with Gasteiger partial charge < -0.3 is 10.1 Å². The van der Waals surface area contributed by atoms with Crippen molar-refractivity contribution >= 4 is 18.4 Å². The summed E-state index contributed by atoms with van der Waals surface area (Å²) in [5, 5.41) is 3.23. The zero-order valence-electron chi connectivity index (χ0n) is 12.9. The predicted octanol–water partition coefficient (Wildman–Crippen LogP) is 3.37. The van der Waals surface area contributed by atoms with Gasteiger partial charge in [0.1, 0.15) is 23.5 Å². The molecule has 0 saturated carbocycles. The number of aryl methyl sites for hydroxylation is 1. The Balaban J connectivity index is 2.61. The van der Waals surface area contributed by atoms with Crippen LogP contribution in [0.4, 0.5) is 4.39 Å². The summed E-state index contributed by atoms with van der Waals surface area (Å²) in [6, 6.07) is 4.62. The van der Waals surface area contributed by atoms with E-state index in [1.165, 1.54) is 12.1 Å². The number of thiol groups is 1. The van der Waals surface area contributed by atoms with E-state index in [-0.39, 0.29) is 23.1 Å². The highest BCUT2D eigenvalue weighted by molar-refractivity contribution is 7.80. The number of halogens is 1. The van der Waals surface area contributed by atoms with Crippen LogP contribution in [0.15, 0.2) is 18.2 Å². The van der Waals surface area contributed by atoms with Crippen LogP contribution in [0.5, 0.6) is 5.75 Å². The smallest absolute Gasteiger partial charge is 0.132 e. The number of hydrogen-bond donors (Lipinski definition) is 2. The summed E-state index contributed by atoms with van der Waals surface area (Å²) in [7, 11) is 0. The van der Waals surface area contributed by atoms with Gasteiger partial charge in [-0.1, -0.05) is 6.92 Å². The molecule has 0 saturated heterocycles. The Morgan fingerprint density at radius 3 is 2.71 bits per heavy atom. The third kappa shape index (κ3) is 7.48. The van der Waals surface area contributed by atoms with Gasteiger partial charge in [0.25, 0.3) is 0 Å². The Morgan fingerprint density at radius 2 is 2.10 bits per heavy atom. The van der Waals surface area contributed by atoms with Crippen molar-refractivity contribution < 1.29 is 13.9 Å². The molecular weight excluding hydrogens is 289 g/mol. The first kappa shape index (κ1) is 18.0. The van der Waals surface area contributed by atoms with Gasteiger partial charge in [-0.3, -0.25) is 4.79 Å². The molecule has 1 unspecified atom stereocenters. The molecule has 0 aliphatic heterocycles. The average Bonchev–Trinajstić information content (AvgIpc) is 2.42. The zero-order valence-corrected chi connectivity index (χ0v) is 13.8. The summed E-state index contributed by atoms with van der Waals surface area (Å²) >= 11 is 4.23.